The number of nitrogens with one attached hydrogen (secondary N) is 1. The van der Waals surface area contributed by atoms with Crippen LogP contribution in [0.2, 0.25) is 5.02 Å². The maximum atomic E-state index is 12.6. The van der Waals surface area contributed by atoms with Crippen LogP contribution in [0.25, 0.3) is 0 Å². The summed E-state index contributed by atoms with van der Waals surface area (Å²) in [6, 6.07) is 11.9. The summed E-state index contributed by atoms with van der Waals surface area (Å²) in [5.41, 5.74) is 7.70. The van der Waals surface area contributed by atoms with Crippen LogP contribution in [0.1, 0.15) is 40.0 Å². The molecule has 0 saturated carbocycles. The van der Waals surface area contributed by atoms with Gasteiger partial charge in [0.05, 0.1) is 11.4 Å². The van der Waals surface area contributed by atoms with Crippen LogP contribution < -0.4 is 16.0 Å². The number of carbonyl (C=O) groups is 2. The van der Waals surface area contributed by atoms with Crippen LogP contribution in [0.4, 0.5) is 11.4 Å². The van der Waals surface area contributed by atoms with Crippen LogP contribution in [-0.2, 0) is 0 Å². The molecule has 0 unspecified atom stereocenters. The molecule has 6 heteroatoms. The lowest BCUT2D eigenvalue weighted by Gasteiger charge is -2.30. The third-order valence-electron chi connectivity index (χ3n) is 4.31. The van der Waals surface area contributed by atoms with Crippen molar-refractivity contribution >= 4 is 34.8 Å². The second-order valence-corrected chi connectivity index (χ2v) is 6.54. The molecule has 0 radical (unpaired) electrons. The van der Waals surface area contributed by atoms with Gasteiger partial charge in [-0.15, -0.1) is 0 Å². The van der Waals surface area contributed by atoms with E-state index in [0.29, 0.717) is 21.8 Å². The predicted octanol–water partition coefficient (Wildman–Crippen LogP) is 3.68. The third kappa shape index (κ3) is 4.12. The molecular formula is C19H20ClN3O2. The van der Waals surface area contributed by atoms with Crippen molar-refractivity contribution < 1.29 is 9.59 Å². The minimum Gasteiger partial charge on any atom is -0.370 e. The number of primary amides is 1. The Morgan fingerprint density at radius 1 is 1.00 bits per heavy atom. The normalized spacial score (nSPS) is 14.2. The summed E-state index contributed by atoms with van der Waals surface area (Å²) in [7, 11) is 0. The van der Waals surface area contributed by atoms with E-state index in [4.69, 9.17) is 17.3 Å². The number of amides is 2. The molecule has 0 atom stereocenters. The topological polar surface area (TPSA) is 75.4 Å². The van der Waals surface area contributed by atoms with Gasteiger partial charge in [0, 0.05) is 29.2 Å². The Balaban J connectivity index is 1.92. The highest BCUT2D eigenvalue weighted by Gasteiger charge is 2.18. The predicted molar refractivity (Wildman–Crippen MR) is 100 cm³/mol. The molecule has 3 N–H and O–H groups in total. The fraction of sp³-hybridized carbons (Fsp3) is 0.263. The Bertz CT molecular complexity index is 801. The second-order valence-electron chi connectivity index (χ2n) is 6.11. The van der Waals surface area contributed by atoms with Crippen LogP contribution in [0, 0.1) is 0 Å². The average molecular weight is 358 g/mol. The van der Waals surface area contributed by atoms with Gasteiger partial charge in [-0.05, 0) is 55.7 Å². The number of piperidine rings is 1. The van der Waals surface area contributed by atoms with Crippen LogP contribution in [0.3, 0.4) is 0 Å². The molecule has 1 fully saturated rings. The zero-order valence-corrected chi connectivity index (χ0v) is 14.6. The Morgan fingerprint density at radius 2 is 1.76 bits per heavy atom. The van der Waals surface area contributed by atoms with E-state index in [2.05, 4.69) is 10.2 Å². The molecular weight excluding hydrogens is 338 g/mol. The molecule has 0 aromatic heterocycles. The molecule has 0 aliphatic carbocycles. The molecule has 2 aromatic carbocycles. The highest BCUT2D eigenvalue weighted by molar-refractivity contribution is 6.31. The molecule has 0 bridgehead atoms. The first-order chi connectivity index (χ1) is 12.0. The smallest absolute Gasteiger partial charge is 0.255 e. The zero-order chi connectivity index (χ0) is 17.8. The van der Waals surface area contributed by atoms with E-state index in [-0.39, 0.29) is 5.91 Å². The molecule has 25 heavy (non-hydrogen) atoms. The zero-order valence-electron chi connectivity index (χ0n) is 13.8. The number of nitrogens with two attached hydrogens (primary N) is 1. The molecule has 2 amide bonds. The largest absolute Gasteiger partial charge is 0.370 e. The van der Waals surface area contributed by atoms with Crippen molar-refractivity contribution in [2.24, 2.45) is 5.73 Å². The van der Waals surface area contributed by atoms with Crippen molar-refractivity contribution in [1.82, 2.24) is 0 Å². The van der Waals surface area contributed by atoms with E-state index in [9.17, 15) is 9.59 Å². The van der Waals surface area contributed by atoms with Gasteiger partial charge in [-0.3, -0.25) is 9.59 Å². The van der Waals surface area contributed by atoms with E-state index in [1.807, 2.05) is 6.07 Å². The number of carbonyl (C=O) groups excluding carboxylic acids is 2. The lowest BCUT2D eigenvalue weighted by molar-refractivity contribution is 0.0996. The van der Waals surface area contributed by atoms with Crippen LogP contribution >= 0.6 is 11.6 Å². The Labute approximate surface area is 151 Å². The molecule has 3 rings (SSSR count). The summed E-state index contributed by atoms with van der Waals surface area (Å²) in [5, 5.41) is 3.39. The fourth-order valence-electron chi connectivity index (χ4n) is 3.02. The van der Waals surface area contributed by atoms with Gasteiger partial charge in [-0.1, -0.05) is 17.7 Å². The SMILES string of the molecule is NC(=O)c1ccc(N2CCCCC2)c(NC(=O)c2cccc(Cl)c2)c1. The van der Waals surface area contributed by atoms with Crippen LogP contribution in [0.15, 0.2) is 42.5 Å². The van der Waals surface area contributed by atoms with Gasteiger partial charge >= 0.3 is 0 Å². The maximum absolute atomic E-state index is 12.6. The maximum Gasteiger partial charge on any atom is 0.255 e. The molecule has 1 aliphatic rings. The van der Waals surface area contributed by atoms with Crippen LogP contribution in [-0.4, -0.2) is 24.9 Å². The number of halogens is 1. The molecule has 1 heterocycles. The van der Waals surface area contributed by atoms with Crippen molar-refractivity contribution in [2.75, 3.05) is 23.3 Å². The summed E-state index contributed by atoms with van der Waals surface area (Å²) < 4.78 is 0. The Morgan fingerprint density at radius 3 is 2.44 bits per heavy atom. The van der Waals surface area contributed by atoms with Gasteiger partial charge in [0.1, 0.15) is 0 Å². The van der Waals surface area contributed by atoms with E-state index >= 15 is 0 Å². The summed E-state index contributed by atoms with van der Waals surface area (Å²) >= 11 is 5.96. The number of hydrogen-bond donors (Lipinski definition) is 2. The molecule has 5 nitrogen and oxygen atoms in total. The summed E-state index contributed by atoms with van der Waals surface area (Å²) in [6.07, 6.45) is 3.43. The van der Waals surface area contributed by atoms with E-state index in [0.717, 1.165) is 31.6 Å². The Kier molecular flexibility index (Phi) is 5.24. The van der Waals surface area contributed by atoms with Gasteiger partial charge in [0.2, 0.25) is 5.91 Å². The van der Waals surface area contributed by atoms with Crippen LogP contribution in [0.5, 0.6) is 0 Å². The number of rotatable bonds is 4. The van der Waals surface area contributed by atoms with Gasteiger partial charge < -0.3 is 16.0 Å². The van der Waals surface area contributed by atoms with Crippen molar-refractivity contribution in [3.63, 3.8) is 0 Å². The first-order valence-electron chi connectivity index (χ1n) is 8.30. The van der Waals surface area contributed by atoms with Gasteiger partial charge in [-0.2, -0.15) is 0 Å². The highest BCUT2D eigenvalue weighted by Crippen LogP contribution is 2.30. The van der Waals surface area contributed by atoms with Gasteiger partial charge in [0.25, 0.3) is 5.91 Å². The molecule has 130 valence electrons. The quantitative estimate of drug-likeness (QED) is 0.876. The number of anilines is 2. The summed E-state index contributed by atoms with van der Waals surface area (Å²) in [5.74, 6) is -0.800. The summed E-state index contributed by atoms with van der Waals surface area (Å²) in [6.45, 7) is 1.85. The Hall–Kier alpha value is -2.53. The molecule has 0 spiro atoms. The van der Waals surface area contributed by atoms with Crippen molar-refractivity contribution in [3.8, 4) is 0 Å². The van der Waals surface area contributed by atoms with Gasteiger partial charge in [0.15, 0.2) is 0 Å². The number of nitrogens with zero attached hydrogens (tertiary/aromatic N) is 1. The fourth-order valence-corrected chi connectivity index (χ4v) is 3.21. The standard InChI is InChI=1S/C19H20ClN3O2/c20-15-6-4-5-14(11-15)19(25)22-16-12-13(18(21)24)7-8-17(16)23-9-2-1-3-10-23/h4-8,11-12H,1-3,9-10H2,(H2,21,24)(H,22,25). The van der Waals surface area contributed by atoms with Crippen molar-refractivity contribution in [3.05, 3.63) is 58.6 Å². The van der Waals surface area contributed by atoms with E-state index < -0.39 is 5.91 Å². The van der Waals surface area contributed by atoms with Crippen molar-refractivity contribution in [1.29, 1.82) is 0 Å². The molecule has 1 saturated heterocycles. The minimum absolute atomic E-state index is 0.276. The number of benzene rings is 2. The first-order valence-corrected chi connectivity index (χ1v) is 8.68. The van der Waals surface area contributed by atoms with E-state index in [1.54, 1.807) is 36.4 Å². The van der Waals surface area contributed by atoms with E-state index in [1.165, 1.54) is 6.42 Å². The second kappa shape index (κ2) is 7.57. The molecule has 2 aromatic rings. The highest BCUT2D eigenvalue weighted by atomic mass is 35.5. The van der Waals surface area contributed by atoms with Gasteiger partial charge in [-0.25, -0.2) is 0 Å². The van der Waals surface area contributed by atoms with Crippen molar-refractivity contribution in [2.45, 2.75) is 19.3 Å². The minimum atomic E-state index is -0.525. The number of hydrogen-bond acceptors (Lipinski definition) is 3. The molecule has 1 aliphatic heterocycles. The average Bonchev–Trinajstić information content (AvgIpc) is 2.62. The summed E-state index contributed by atoms with van der Waals surface area (Å²) in [4.78, 5) is 26.3. The third-order valence-corrected chi connectivity index (χ3v) is 4.55. The first kappa shape index (κ1) is 17.3. The monoisotopic (exact) mass is 357 g/mol. The lowest BCUT2D eigenvalue weighted by atomic mass is 10.1. The lowest BCUT2D eigenvalue weighted by Crippen LogP contribution is -2.30.